The molecule has 4 rings (SSSR count). The highest BCUT2D eigenvalue weighted by atomic mass is 16.3. The van der Waals surface area contributed by atoms with Gasteiger partial charge in [0, 0.05) is 11.4 Å². The van der Waals surface area contributed by atoms with Crippen molar-refractivity contribution >= 4 is 40.0 Å². The summed E-state index contributed by atoms with van der Waals surface area (Å²) in [6.07, 6.45) is 0. The Hall–Kier alpha value is -4.40. The summed E-state index contributed by atoms with van der Waals surface area (Å²) in [6, 6.07) is 17.2. The molecule has 1 aromatic heterocycles. The Balaban J connectivity index is 0.000000188. The molecule has 0 aliphatic rings. The van der Waals surface area contributed by atoms with Crippen LogP contribution in [0.25, 0.3) is 16.7 Å². The number of hydrogen-bond donors (Lipinski definition) is 6. The van der Waals surface area contributed by atoms with Gasteiger partial charge in [0.15, 0.2) is 0 Å². The van der Waals surface area contributed by atoms with Gasteiger partial charge >= 0.3 is 0 Å². The van der Waals surface area contributed by atoms with Gasteiger partial charge in [0.2, 0.25) is 5.95 Å². The first-order valence-corrected chi connectivity index (χ1v) is 8.54. The molecular weight excluding hydrogens is 370 g/mol. The fourth-order valence-electron chi connectivity index (χ4n) is 2.80. The number of primary amides is 1. The van der Waals surface area contributed by atoms with Crippen molar-refractivity contribution in [1.29, 1.82) is 0 Å². The summed E-state index contributed by atoms with van der Waals surface area (Å²) in [4.78, 5) is 14.9. The summed E-state index contributed by atoms with van der Waals surface area (Å²) in [5.74, 6) is -0.435. The van der Waals surface area contributed by atoms with Gasteiger partial charge in [-0.25, -0.2) is 4.98 Å². The number of phenols is 1. The number of nitrogens with two attached hydrogens (primary N) is 5. The van der Waals surface area contributed by atoms with E-state index in [1.165, 1.54) is 18.2 Å². The summed E-state index contributed by atoms with van der Waals surface area (Å²) in [5, 5.41) is 9.05. The topological polar surface area (TPSA) is 185 Å². The molecule has 0 aliphatic carbocycles. The normalized spacial score (nSPS) is 10.3. The van der Waals surface area contributed by atoms with Crippen LogP contribution in [0.15, 0.2) is 60.7 Å². The molecule has 0 bridgehead atoms. The van der Waals surface area contributed by atoms with E-state index in [4.69, 9.17) is 33.8 Å². The van der Waals surface area contributed by atoms with Crippen molar-refractivity contribution < 1.29 is 9.90 Å². The van der Waals surface area contributed by atoms with Crippen molar-refractivity contribution in [1.82, 2.24) is 9.55 Å². The lowest BCUT2D eigenvalue weighted by Crippen LogP contribution is -2.11. The Labute approximate surface area is 166 Å². The Kier molecular flexibility index (Phi) is 5.13. The van der Waals surface area contributed by atoms with Gasteiger partial charge in [-0.15, -0.1) is 0 Å². The minimum atomic E-state index is -0.685. The van der Waals surface area contributed by atoms with Crippen LogP contribution >= 0.6 is 0 Å². The van der Waals surface area contributed by atoms with E-state index in [2.05, 4.69) is 4.98 Å². The third-order valence-electron chi connectivity index (χ3n) is 4.17. The highest BCUT2D eigenvalue weighted by Gasteiger charge is 2.12. The number of fused-ring (bicyclic) bond motifs is 1. The van der Waals surface area contributed by atoms with Crippen molar-refractivity contribution in [2.75, 3.05) is 22.9 Å². The monoisotopic (exact) mass is 391 g/mol. The van der Waals surface area contributed by atoms with Crippen molar-refractivity contribution in [3.05, 3.63) is 66.2 Å². The predicted molar refractivity (Wildman–Crippen MR) is 115 cm³/mol. The molecule has 0 aliphatic heterocycles. The molecule has 9 heteroatoms. The van der Waals surface area contributed by atoms with Gasteiger partial charge in [-0.1, -0.05) is 12.1 Å². The molecule has 0 saturated carbocycles. The molecular formula is C20H21N7O2. The molecule has 0 radical (unpaired) electrons. The maximum atomic E-state index is 10.6. The van der Waals surface area contributed by atoms with E-state index in [9.17, 15) is 4.79 Å². The summed E-state index contributed by atoms with van der Waals surface area (Å²) in [7, 11) is 0. The average Bonchev–Trinajstić information content (AvgIpc) is 3.01. The predicted octanol–water partition coefficient (Wildman–Crippen LogP) is 1.85. The highest BCUT2D eigenvalue weighted by Crippen LogP contribution is 2.27. The number of nitrogen functional groups attached to an aromatic ring is 4. The minimum Gasteiger partial charge on any atom is -0.507 e. The molecule has 148 valence electrons. The highest BCUT2D eigenvalue weighted by molar-refractivity contribution is 5.96. The quantitative estimate of drug-likeness (QED) is 0.222. The van der Waals surface area contributed by atoms with Crippen molar-refractivity contribution in [3.63, 3.8) is 0 Å². The van der Waals surface area contributed by atoms with Gasteiger partial charge in [-0.3, -0.25) is 9.36 Å². The van der Waals surface area contributed by atoms with E-state index in [0.29, 0.717) is 23.0 Å². The summed E-state index contributed by atoms with van der Waals surface area (Å²) < 4.78 is 1.81. The molecule has 0 saturated heterocycles. The van der Waals surface area contributed by atoms with Crippen LogP contribution in [0.5, 0.6) is 5.75 Å². The zero-order valence-corrected chi connectivity index (χ0v) is 15.4. The summed E-state index contributed by atoms with van der Waals surface area (Å²) in [5.41, 5.74) is 32.2. The standard InChI is InChI=1S/C13H13N5.C7H8N2O2/c14-8-5-6-9(15)12(7-8)18-11-4-2-1-3-10(11)17-13(18)16;8-4-1-2-6(10)5(3-4)7(9)11/h1-7H,14-15H2,(H2,16,17);1-3,10H,8H2,(H2,9,11). The van der Waals surface area contributed by atoms with E-state index in [1.807, 2.05) is 24.3 Å². The van der Waals surface area contributed by atoms with Crippen LogP contribution in [0.1, 0.15) is 10.4 Å². The number of carbonyl (C=O) groups is 1. The largest absolute Gasteiger partial charge is 0.507 e. The maximum absolute atomic E-state index is 10.6. The lowest BCUT2D eigenvalue weighted by atomic mass is 10.2. The second-order valence-corrected chi connectivity index (χ2v) is 6.25. The lowest BCUT2D eigenvalue weighted by molar-refractivity contribution is 0.0998. The zero-order valence-electron chi connectivity index (χ0n) is 15.4. The first-order chi connectivity index (χ1) is 13.8. The Bertz CT molecular complexity index is 1200. The smallest absolute Gasteiger partial charge is 0.252 e. The van der Waals surface area contributed by atoms with Gasteiger partial charge in [0.25, 0.3) is 5.91 Å². The van der Waals surface area contributed by atoms with Crippen LogP contribution in [-0.2, 0) is 0 Å². The second kappa shape index (κ2) is 7.69. The summed E-state index contributed by atoms with van der Waals surface area (Å²) >= 11 is 0. The minimum absolute atomic E-state index is 0.0463. The first-order valence-electron chi connectivity index (χ1n) is 8.54. The van der Waals surface area contributed by atoms with Crippen LogP contribution in [0.2, 0.25) is 0 Å². The van der Waals surface area contributed by atoms with Gasteiger partial charge in [-0.05, 0) is 48.5 Å². The average molecular weight is 391 g/mol. The number of nitrogens with zero attached hydrogens (tertiary/aromatic N) is 2. The molecule has 29 heavy (non-hydrogen) atoms. The third-order valence-corrected chi connectivity index (χ3v) is 4.17. The third kappa shape index (κ3) is 3.98. The van der Waals surface area contributed by atoms with E-state index >= 15 is 0 Å². The summed E-state index contributed by atoms with van der Waals surface area (Å²) in [6.45, 7) is 0. The van der Waals surface area contributed by atoms with Crippen molar-refractivity contribution in [2.45, 2.75) is 0 Å². The Morgan fingerprint density at radius 2 is 1.55 bits per heavy atom. The number of amides is 1. The van der Waals surface area contributed by atoms with Gasteiger partial charge < -0.3 is 33.8 Å². The van der Waals surface area contributed by atoms with Crippen molar-refractivity contribution in [3.8, 4) is 11.4 Å². The molecule has 1 amide bonds. The molecule has 0 spiro atoms. The number of hydrogen-bond acceptors (Lipinski definition) is 7. The first kappa shape index (κ1) is 19.4. The van der Waals surface area contributed by atoms with Crippen LogP contribution in [0.3, 0.4) is 0 Å². The van der Waals surface area contributed by atoms with Gasteiger partial charge in [0.1, 0.15) is 5.75 Å². The molecule has 0 atom stereocenters. The number of anilines is 4. The van der Waals surface area contributed by atoms with E-state index in [-0.39, 0.29) is 11.3 Å². The van der Waals surface area contributed by atoms with E-state index in [0.717, 1.165) is 16.7 Å². The van der Waals surface area contributed by atoms with Crippen molar-refractivity contribution in [2.24, 2.45) is 5.73 Å². The van der Waals surface area contributed by atoms with E-state index in [1.54, 1.807) is 22.8 Å². The number of carbonyl (C=O) groups excluding carboxylic acids is 1. The second-order valence-electron chi connectivity index (χ2n) is 6.25. The van der Waals surface area contributed by atoms with Crippen LogP contribution < -0.4 is 28.7 Å². The number of benzene rings is 3. The van der Waals surface area contributed by atoms with Crippen LogP contribution in [0, 0.1) is 0 Å². The number of imidazole rings is 1. The molecule has 9 nitrogen and oxygen atoms in total. The molecule has 0 fully saturated rings. The number of rotatable bonds is 2. The SMILES string of the molecule is NC(=O)c1cc(N)ccc1O.Nc1ccc(N)c(-n2c(N)nc3ccccc32)c1. The zero-order chi connectivity index (χ0) is 21.1. The Morgan fingerprint density at radius 1 is 0.897 bits per heavy atom. The Morgan fingerprint density at radius 3 is 2.24 bits per heavy atom. The number of aromatic nitrogens is 2. The number of para-hydroxylation sites is 2. The maximum Gasteiger partial charge on any atom is 0.252 e. The van der Waals surface area contributed by atoms with Gasteiger partial charge in [0.05, 0.1) is 28.0 Å². The molecule has 3 aromatic carbocycles. The van der Waals surface area contributed by atoms with Gasteiger partial charge in [-0.2, -0.15) is 0 Å². The molecule has 4 aromatic rings. The van der Waals surface area contributed by atoms with Crippen LogP contribution in [0.4, 0.5) is 23.0 Å². The fraction of sp³-hybridized carbons (Fsp3) is 0. The fourth-order valence-corrected chi connectivity index (χ4v) is 2.80. The van der Waals surface area contributed by atoms with E-state index < -0.39 is 5.91 Å². The lowest BCUT2D eigenvalue weighted by Gasteiger charge is -2.10. The van der Waals surface area contributed by atoms with Crippen LogP contribution in [-0.4, -0.2) is 20.6 Å². The number of aromatic hydroxyl groups is 1. The molecule has 1 heterocycles. The molecule has 11 N–H and O–H groups in total. The molecule has 0 unspecified atom stereocenters.